The Labute approximate surface area is 206 Å². The minimum atomic E-state index is -0.0694. The Hall–Kier alpha value is -2.93. The number of nitrogens with zero attached hydrogens (tertiary/aromatic N) is 3. The van der Waals surface area contributed by atoms with Gasteiger partial charge in [-0.2, -0.15) is 0 Å². The Morgan fingerprint density at radius 1 is 1.15 bits per heavy atom. The molecule has 1 aliphatic rings. The smallest absolute Gasteiger partial charge is 0.270 e. The monoisotopic (exact) mass is 478 g/mol. The highest BCUT2D eigenvalue weighted by atomic mass is 32.1. The number of thiazole rings is 1. The highest BCUT2D eigenvalue weighted by molar-refractivity contribution is 7.09. The number of hydrogen-bond donors (Lipinski definition) is 1. The average molecular weight is 479 g/mol. The third-order valence-corrected chi connectivity index (χ3v) is 7.30. The number of benzene rings is 1. The summed E-state index contributed by atoms with van der Waals surface area (Å²) in [5, 5.41) is 5.88. The van der Waals surface area contributed by atoms with Crippen molar-refractivity contribution >= 4 is 23.2 Å². The van der Waals surface area contributed by atoms with Crippen molar-refractivity contribution in [2.24, 2.45) is 0 Å². The summed E-state index contributed by atoms with van der Waals surface area (Å²) in [7, 11) is 0. The van der Waals surface area contributed by atoms with E-state index < -0.39 is 0 Å². The maximum absolute atomic E-state index is 13.3. The molecule has 1 aromatic carbocycles. The molecular formula is C27H34N4O2S. The van der Waals surface area contributed by atoms with E-state index in [9.17, 15) is 9.59 Å². The summed E-state index contributed by atoms with van der Waals surface area (Å²) >= 11 is 1.51. The summed E-state index contributed by atoms with van der Waals surface area (Å²) in [4.78, 5) is 32.4. The van der Waals surface area contributed by atoms with Crippen molar-refractivity contribution < 1.29 is 9.59 Å². The highest BCUT2D eigenvalue weighted by Gasteiger charge is 2.20. The van der Waals surface area contributed by atoms with E-state index in [1.807, 2.05) is 53.7 Å². The Morgan fingerprint density at radius 2 is 1.94 bits per heavy atom. The summed E-state index contributed by atoms with van der Waals surface area (Å²) in [6.45, 7) is 5.88. The molecule has 6 nitrogen and oxygen atoms in total. The first kappa shape index (κ1) is 24.2. The fraction of sp³-hybridized carbons (Fsp3) is 0.444. The molecule has 0 atom stereocenters. The van der Waals surface area contributed by atoms with Gasteiger partial charge in [0.2, 0.25) is 0 Å². The van der Waals surface area contributed by atoms with Crippen LogP contribution >= 0.6 is 11.3 Å². The van der Waals surface area contributed by atoms with Crippen molar-refractivity contribution in [2.45, 2.75) is 71.5 Å². The lowest BCUT2D eigenvalue weighted by Gasteiger charge is -2.24. The molecule has 1 fully saturated rings. The number of nitrogens with one attached hydrogen (secondary N) is 1. The first-order valence-electron chi connectivity index (χ1n) is 12.3. The van der Waals surface area contributed by atoms with Gasteiger partial charge < -0.3 is 14.8 Å². The van der Waals surface area contributed by atoms with Crippen molar-refractivity contribution in [3.63, 3.8) is 0 Å². The van der Waals surface area contributed by atoms with E-state index >= 15 is 0 Å². The molecule has 0 unspecified atom stereocenters. The van der Waals surface area contributed by atoms with Crippen LogP contribution in [-0.2, 0) is 13.1 Å². The third kappa shape index (κ3) is 5.95. The second-order valence-corrected chi connectivity index (χ2v) is 10.0. The predicted octanol–water partition coefficient (Wildman–Crippen LogP) is 5.42. The van der Waals surface area contributed by atoms with Gasteiger partial charge in [-0.15, -0.1) is 11.3 Å². The van der Waals surface area contributed by atoms with E-state index in [0.717, 1.165) is 41.1 Å². The van der Waals surface area contributed by atoms with Gasteiger partial charge in [0.05, 0.1) is 13.1 Å². The Morgan fingerprint density at radius 3 is 2.71 bits per heavy atom. The van der Waals surface area contributed by atoms with E-state index in [1.165, 1.54) is 30.6 Å². The Kier molecular flexibility index (Phi) is 8.16. The SMILES string of the molecule is CCCN(Cc1cccn1Cc1nc(C(=O)NC2CCCCC2)cs1)C(=O)c1ccccc1C. The first-order chi connectivity index (χ1) is 16.5. The Bertz CT molecular complexity index is 1110. The molecule has 0 saturated heterocycles. The van der Waals surface area contributed by atoms with Gasteiger partial charge in [0, 0.05) is 35.4 Å². The summed E-state index contributed by atoms with van der Waals surface area (Å²) in [5.41, 5.74) is 3.30. The maximum atomic E-state index is 13.3. The van der Waals surface area contributed by atoms with Crippen LogP contribution in [-0.4, -0.2) is 38.9 Å². The standard InChI is InChI=1S/C27H34N4O2S/c1-3-15-31(27(33)23-14-8-7-10-20(23)2)17-22-13-9-16-30(22)18-25-29-24(19-34-25)26(32)28-21-11-5-4-6-12-21/h7-10,13-14,16,19,21H,3-6,11-12,15,17-18H2,1-2H3,(H,28,32). The van der Waals surface area contributed by atoms with E-state index in [2.05, 4.69) is 27.9 Å². The van der Waals surface area contributed by atoms with Crippen molar-refractivity contribution in [3.05, 3.63) is 75.5 Å². The van der Waals surface area contributed by atoms with Crippen LogP contribution in [0.2, 0.25) is 0 Å². The van der Waals surface area contributed by atoms with Crippen LogP contribution in [0.3, 0.4) is 0 Å². The number of aromatic nitrogens is 2. The second-order valence-electron chi connectivity index (χ2n) is 9.10. The summed E-state index contributed by atoms with van der Waals surface area (Å²) < 4.78 is 2.12. The zero-order chi connectivity index (χ0) is 23.9. The molecule has 0 spiro atoms. The van der Waals surface area contributed by atoms with Crippen molar-refractivity contribution in [3.8, 4) is 0 Å². The fourth-order valence-corrected chi connectivity index (χ4v) is 5.36. The minimum absolute atomic E-state index is 0.0589. The van der Waals surface area contributed by atoms with Gasteiger partial charge in [0.1, 0.15) is 10.7 Å². The number of hydrogen-bond acceptors (Lipinski definition) is 4. The molecule has 2 heterocycles. The Balaban J connectivity index is 1.42. The molecule has 4 rings (SSSR count). The molecule has 1 saturated carbocycles. The van der Waals surface area contributed by atoms with Crippen LogP contribution < -0.4 is 5.32 Å². The van der Waals surface area contributed by atoms with Crippen molar-refractivity contribution in [2.75, 3.05) is 6.54 Å². The normalized spacial score (nSPS) is 14.2. The molecule has 1 aliphatic carbocycles. The maximum Gasteiger partial charge on any atom is 0.270 e. The van der Waals surface area contributed by atoms with Gasteiger partial charge in [0.25, 0.3) is 11.8 Å². The fourth-order valence-electron chi connectivity index (χ4n) is 4.59. The molecule has 34 heavy (non-hydrogen) atoms. The molecular weight excluding hydrogens is 444 g/mol. The van der Waals surface area contributed by atoms with Gasteiger partial charge in [-0.3, -0.25) is 9.59 Å². The van der Waals surface area contributed by atoms with Crippen LogP contribution in [0.5, 0.6) is 0 Å². The molecule has 0 radical (unpaired) electrons. The largest absolute Gasteiger partial charge is 0.348 e. The van der Waals surface area contributed by atoms with E-state index in [4.69, 9.17) is 0 Å². The minimum Gasteiger partial charge on any atom is -0.348 e. The van der Waals surface area contributed by atoms with Gasteiger partial charge in [-0.1, -0.05) is 44.4 Å². The van der Waals surface area contributed by atoms with E-state index in [-0.39, 0.29) is 17.9 Å². The summed E-state index contributed by atoms with van der Waals surface area (Å²) in [6, 6.07) is 12.1. The van der Waals surface area contributed by atoms with Gasteiger partial charge in [0.15, 0.2) is 0 Å². The van der Waals surface area contributed by atoms with Crippen molar-refractivity contribution in [1.29, 1.82) is 0 Å². The summed E-state index contributed by atoms with van der Waals surface area (Å²) in [6.07, 6.45) is 8.66. The van der Waals surface area contributed by atoms with E-state index in [1.54, 1.807) is 0 Å². The van der Waals surface area contributed by atoms with Crippen LogP contribution in [0.4, 0.5) is 0 Å². The van der Waals surface area contributed by atoms with Crippen molar-refractivity contribution in [1.82, 2.24) is 19.8 Å². The summed E-state index contributed by atoms with van der Waals surface area (Å²) in [5.74, 6) is -0.0105. The van der Waals surface area contributed by atoms with Crippen LogP contribution in [0.25, 0.3) is 0 Å². The molecule has 2 amide bonds. The van der Waals surface area contributed by atoms with E-state index in [0.29, 0.717) is 25.3 Å². The number of carbonyl (C=O) groups excluding carboxylic acids is 2. The average Bonchev–Trinajstić information content (AvgIpc) is 3.49. The topological polar surface area (TPSA) is 67.2 Å². The van der Waals surface area contributed by atoms with Gasteiger partial charge in [-0.05, 0) is 49.9 Å². The van der Waals surface area contributed by atoms with Crippen LogP contribution in [0.1, 0.15) is 82.6 Å². The quantitative estimate of drug-likeness (QED) is 0.447. The molecule has 2 aromatic heterocycles. The molecule has 0 bridgehead atoms. The van der Waals surface area contributed by atoms with Crippen LogP contribution in [0.15, 0.2) is 48.0 Å². The first-order valence-corrected chi connectivity index (χ1v) is 13.2. The zero-order valence-corrected chi connectivity index (χ0v) is 20.9. The molecule has 180 valence electrons. The third-order valence-electron chi connectivity index (χ3n) is 6.46. The number of amides is 2. The van der Waals surface area contributed by atoms with Gasteiger partial charge in [-0.25, -0.2) is 4.98 Å². The predicted molar refractivity (Wildman–Crippen MR) is 136 cm³/mol. The number of aryl methyl sites for hydroxylation is 1. The van der Waals surface area contributed by atoms with Crippen LogP contribution in [0, 0.1) is 6.92 Å². The zero-order valence-electron chi connectivity index (χ0n) is 20.1. The number of carbonyl (C=O) groups is 2. The lowest BCUT2D eigenvalue weighted by molar-refractivity contribution is 0.0738. The second kappa shape index (κ2) is 11.5. The lowest BCUT2D eigenvalue weighted by atomic mass is 9.95. The highest BCUT2D eigenvalue weighted by Crippen LogP contribution is 2.20. The lowest BCUT2D eigenvalue weighted by Crippen LogP contribution is -2.36. The molecule has 1 N–H and O–H groups in total. The molecule has 0 aliphatic heterocycles. The molecule has 7 heteroatoms. The molecule has 3 aromatic rings. The number of rotatable bonds is 9. The van der Waals surface area contributed by atoms with Gasteiger partial charge >= 0.3 is 0 Å².